The van der Waals surface area contributed by atoms with Gasteiger partial charge in [0.15, 0.2) is 17.3 Å². The van der Waals surface area contributed by atoms with Crippen molar-refractivity contribution in [3.05, 3.63) is 58.7 Å². The highest BCUT2D eigenvalue weighted by molar-refractivity contribution is 6.17. The Balaban J connectivity index is 1.51. The molecule has 9 nitrogen and oxygen atoms in total. The lowest BCUT2D eigenvalue weighted by atomic mass is 9.52. The third kappa shape index (κ3) is 4.33. The molecular formula is C30H34N2O7. The zero-order valence-electron chi connectivity index (χ0n) is 22.3. The van der Waals surface area contributed by atoms with Crippen LogP contribution in [0.1, 0.15) is 39.9 Å². The summed E-state index contributed by atoms with van der Waals surface area (Å²) in [6.07, 6.45) is 1.48. The number of Topliss-reactive ketones (excluding diaryl/α,β-unsaturated/α-hetero) is 3. The van der Waals surface area contributed by atoms with Crippen LogP contribution in [0.3, 0.4) is 0 Å². The van der Waals surface area contributed by atoms with Crippen molar-refractivity contribution in [1.29, 1.82) is 0 Å². The van der Waals surface area contributed by atoms with E-state index in [4.69, 9.17) is 10.5 Å². The van der Waals surface area contributed by atoms with Crippen LogP contribution in [0.4, 0.5) is 0 Å². The van der Waals surface area contributed by atoms with Crippen molar-refractivity contribution in [3.8, 4) is 11.5 Å². The fourth-order valence-corrected chi connectivity index (χ4v) is 7.12. The van der Waals surface area contributed by atoms with Gasteiger partial charge in [0.05, 0.1) is 24.6 Å². The highest BCUT2D eigenvalue weighted by Crippen LogP contribution is 2.52. The van der Waals surface area contributed by atoms with Crippen molar-refractivity contribution in [3.63, 3.8) is 0 Å². The molecule has 3 aliphatic carbocycles. The Morgan fingerprint density at radius 2 is 1.90 bits per heavy atom. The summed E-state index contributed by atoms with van der Waals surface area (Å²) in [5.41, 5.74) is 6.24. The predicted octanol–water partition coefficient (Wildman–Crippen LogP) is 1.48. The van der Waals surface area contributed by atoms with Gasteiger partial charge in [0.1, 0.15) is 23.0 Å². The van der Waals surface area contributed by atoms with Crippen LogP contribution in [0.2, 0.25) is 0 Å². The Bertz CT molecular complexity index is 1370. The normalized spacial score (nSPS) is 30.0. The number of phenols is 1. The summed E-state index contributed by atoms with van der Waals surface area (Å²) in [6.45, 7) is 0. The Hall–Kier alpha value is -3.56. The third-order valence-corrected chi connectivity index (χ3v) is 8.98. The molecule has 0 saturated heterocycles. The zero-order valence-corrected chi connectivity index (χ0v) is 22.3. The number of carbonyl (C=O) groups is 4. The molecule has 206 valence electrons. The van der Waals surface area contributed by atoms with Crippen molar-refractivity contribution in [2.75, 3.05) is 21.2 Å². The van der Waals surface area contributed by atoms with Gasteiger partial charge in [-0.3, -0.25) is 24.1 Å². The number of nitrogens with two attached hydrogens (primary N) is 1. The topological polar surface area (TPSA) is 147 Å². The van der Waals surface area contributed by atoms with E-state index in [2.05, 4.69) is 0 Å². The van der Waals surface area contributed by atoms with Gasteiger partial charge in [0, 0.05) is 12.3 Å². The van der Waals surface area contributed by atoms with Crippen LogP contribution in [0.25, 0.3) is 0 Å². The van der Waals surface area contributed by atoms with Crippen LogP contribution < -0.4 is 10.5 Å². The third-order valence-electron chi connectivity index (χ3n) is 8.98. The summed E-state index contributed by atoms with van der Waals surface area (Å²) in [7, 11) is 4.94. The van der Waals surface area contributed by atoms with Gasteiger partial charge >= 0.3 is 0 Å². The first-order valence-electron chi connectivity index (χ1n) is 13.2. The number of nitrogens with zero attached hydrogens (tertiary/aromatic N) is 1. The number of hydrogen-bond donors (Lipinski definition) is 3. The first-order valence-corrected chi connectivity index (χ1v) is 13.2. The molecule has 6 atom stereocenters. The number of aromatic hydroxyl groups is 1. The second kappa shape index (κ2) is 9.88. The Morgan fingerprint density at radius 3 is 2.56 bits per heavy atom. The molecule has 5 rings (SSSR count). The van der Waals surface area contributed by atoms with Crippen LogP contribution in [0.5, 0.6) is 11.5 Å². The lowest BCUT2D eigenvalue weighted by Crippen LogP contribution is -2.69. The van der Waals surface area contributed by atoms with Crippen molar-refractivity contribution < 1.29 is 34.1 Å². The number of aliphatic hydroxyl groups is 1. The highest BCUT2D eigenvalue weighted by atomic mass is 16.5. The molecule has 2 saturated carbocycles. The first-order chi connectivity index (χ1) is 18.5. The molecule has 0 radical (unpaired) electrons. The number of rotatable bonds is 6. The number of ketones is 3. The van der Waals surface area contributed by atoms with E-state index in [1.54, 1.807) is 26.1 Å². The fraction of sp³-hybridized carbons (Fsp3) is 0.467. The predicted molar refractivity (Wildman–Crippen MR) is 141 cm³/mol. The summed E-state index contributed by atoms with van der Waals surface area (Å²) in [5.74, 6) is -5.66. The molecule has 1 amide bonds. The van der Waals surface area contributed by atoms with Crippen molar-refractivity contribution in [2.45, 2.75) is 43.7 Å². The number of fused-ring (bicyclic) bond motifs is 3. The number of likely N-dealkylation sites (N-methyl/N-ethyl adjacent to an activating group) is 1. The van der Waals surface area contributed by atoms with Gasteiger partial charge in [0.25, 0.3) is 0 Å². The summed E-state index contributed by atoms with van der Waals surface area (Å²) in [4.78, 5) is 54.7. The summed E-state index contributed by atoms with van der Waals surface area (Å²) in [5, 5.41) is 22.5. The van der Waals surface area contributed by atoms with Gasteiger partial charge in [-0.05, 0) is 80.6 Å². The Labute approximate surface area is 226 Å². The van der Waals surface area contributed by atoms with E-state index in [-0.39, 0.29) is 17.7 Å². The lowest BCUT2D eigenvalue weighted by molar-refractivity contribution is -0.176. The zero-order chi connectivity index (χ0) is 28.2. The SMILES string of the molecule is COc1cccc(CCc2ccc(O)c3c2CC2CC4C(N(C)C)C(=O)C(C(N)=O)CC4(O)C(=O)C2C3=O)c1. The van der Waals surface area contributed by atoms with Crippen LogP contribution in [-0.4, -0.2) is 71.2 Å². The minimum atomic E-state index is -2.05. The molecule has 3 aliphatic rings. The van der Waals surface area contributed by atoms with E-state index in [0.717, 1.165) is 16.9 Å². The quantitative estimate of drug-likeness (QED) is 0.472. The second-order valence-corrected chi connectivity index (χ2v) is 11.4. The maximum Gasteiger partial charge on any atom is 0.228 e. The molecule has 39 heavy (non-hydrogen) atoms. The first kappa shape index (κ1) is 27.0. The highest BCUT2D eigenvalue weighted by Gasteiger charge is 2.64. The summed E-state index contributed by atoms with van der Waals surface area (Å²) in [6, 6.07) is 10.1. The van der Waals surface area contributed by atoms with Crippen molar-refractivity contribution in [2.24, 2.45) is 29.4 Å². The molecule has 4 N–H and O–H groups in total. The molecule has 9 heteroatoms. The molecule has 0 aromatic heterocycles. The number of phenolic OH excluding ortho intramolecular Hbond substituents is 1. The van der Waals surface area contributed by atoms with Gasteiger partial charge in [-0.15, -0.1) is 0 Å². The van der Waals surface area contributed by atoms with Crippen molar-refractivity contribution >= 4 is 23.3 Å². The molecule has 2 aromatic rings. The molecule has 0 aliphatic heterocycles. The number of hydrogen-bond acceptors (Lipinski definition) is 8. The lowest BCUT2D eigenvalue weighted by Gasteiger charge is -2.53. The van der Waals surface area contributed by atoms with Gasteiger partial charge in [-0.1, -0.05) is 18.2 Å². The van der Waals surface area contributed by atoms with Gasteiger partial charge < -0.3 is 20.7 Å². The van der Waals surface area contributed by atoms with E-state index < -0.39 is 65.0 Å². The van der Waals surface area contributed by atoms with E-state index in [1.165, 1.54) is 6.07 Å². The average molecular weight is 535 g/mol. The Kier molecular flexibility index (Phi) is 6.84. The van der Waals surface area contributed by atoms with Gasteiger partial charge in [-0.2, -0.15) is 0 Å². The number of amides is 1. The molecular weight excluding hydrogens is 500 g/mol. The fourth-order valence-electron chi connectivity index (χ4n) is 7.12. The molecule has 0 heterocycles. The molecule has 6 unspecified atom stereocenters. The molecule has 0 bridgehead atoms. The summed E-state index contributed by atoms with van der Waals surface area (Å²) >= 11 is 0. The van der Waals surface area contributed by atoms with E-state index >= 15 is 0 Å². The van der Waals surface area contributed by atoms with E-state index in [1.807, 2.05) is 30.3 Å². The monoisotopic (exact) mass is 534 g/mol. The number of aryl methyl sites for hydroxylation is 2. The minimum Gasteiger partial charge on any atom is -0.507 e. The van der Waals surface area contributed by atoms with Crippen LogP contribution in [0, 0.1) is 23.7 Å². The van der Waals surface area contributed by atoms with E-state index in [9.17, 15) is 29.4 Å². The molecule has 2 aromatic carbocycles. The van der Waals surface area contributed by atoms with Gasteiger partial charge in [0.2, 0.25) is 5.91 Å². The molecule has 2 fully saturated rings. The largest absolute Gasteiger partial charge is 0.507 e. The average Bonchev–Trinajstić information content (AvgIpc) is 2.89. The smallest absolute Gasteiger partial charge is 0.228 e. The minimum absolute atomic E-state index is 0.122. The van der Waals surface area contributed by atoms with Crippen molar-refractivity contribution in [1.82, 2.24) is 4.90 Å². The Morgan fingerprint density at radius 1 is 1.15 bits per heavy atom. The number of methoxy groups -OCH3 is 1. The van der Waals surface area contributed by atoms with Crippen LogP contribution >= 0.6 is 0 Å². The maximum absolute atomic E-state index is 13.9. The van der Waals surface area contributed by atoms with Crippen LogP contribution in [-0.2, 0) is 33.6 Å². The van der Waals surface area contributed by atoms with Gasteiger partial charge in [-0.25, -0.2) is 0 Å². The summed E-state index contributed by atoms with van der Waals surface area (Å²) < 4.78 is 5.32. The number of ether oxygens (including phenoxy) is 1. The maximum atomic E-state index is 13.9. The standard InChI is InChI=1S/C30H34N2O7/c1-32(2)25-21-13-17-12-19-16(8-7-15-5-4-6-18(11-15)39-3)9-10-22(33)24(19)27(35)23(17)28(36)30(21,38)14-20(26(25)34)29(31)37/h4-6,9-11,17,20-21,23,25,33,38H,7-8,12-14H2,1-3H3,(H2,31,37). The number of benzene rings is 2. The van der Waals surface area contributed by atoms with E-state index in [0.29, 0.717) is 24.8 Å². The number of carbonyl (C=O) groups excluding carboxylic acids is 4. The molecule has 0 spiro atoms. The van der Waals surface area contributed by atoms with Crippen LogP contribution in [0.15, 0.2) is 36.4 Å². The number of primary amides is 1. The second-order valence-electron chi connectivity index (χ2n) is 11.4.